The third kappa shape index (κ3) is 5.23. The quantitative estimate of drug-likeness (QED) is 0.400. The molecule has 8 heteroatoms. The fourth-order valence-corrected chi connectivity index (χ4v) is 4.55. The number of carbonyl (C=O) groups is 2. The first-order valence-electron chi connectivity index (χ1n) is 12.2. The number of para-hydroxylation sites is 1. The van der Waals surface area contributed by atoms with Crippen molar-refractivity contribution in [3.63, 3.8) is 0 Å². The van der Waals surface area contributed by atoms with Crippen molar-refractivity contribution in [3.8, 4) is 11.5 Å². The van der Waals surface area contributed by atoms with E-state index in [2.05, 4.69) is 10.2 Å². The van der Waals surface area contributed by atoms with E-state index in [4.69, 9.17) is 13.9 Å². The molecular formula is C29H29N3O5. The van der Waals surface area contributed by atoms with Crippen molar-refractivity contribution in [2.75, 3.05) is 50.6 Å². The Morgan fingerprint density at radius 3 is 2.32 bits per heavy atom. The molecule has 0 atom stereocenters. The molecule has 37 heavy (non-hydrogen) atoms. The topological polar surface area (TPSA) is 84.2 Å². The summed E-state index contributed by atoms with van der Waals surface area (Å²) in [5.41, 5.74) is 2.87. The lowest BCUT2D eigenvalue weighted by molar-refractivity contribution is -0.115. The zero-order chi connectivity index (χ0) is 25.8. The second-order valence-electron chi connectivity index (χ2n) is 8.86. The fourth-order valence-electron chi connectivity index (χ4n) is 4.55. The van der Waals surface area contributed by atoms with E-state index in [0.29, 0.717) is 42.8 Å². The first-order chi connectivity index (χ1) is 18.1. The number of anilines is 2. The number of hydrogen-bond donors (Lipinski definition) is 1. The number of methoxy groups -OCH3 is 2. The molecule has 2 heterocycles. The summed E-state index contributed by atoms with van der Waals surface area (Å²) in [5, 5.41) is 3.64. The Bertz CT molecular complexity index is 1400. The average molecular weight is 500 g/mol. The molecule has 1 saturated heterocycles. The van der Waals surface area contributed by atoms with E-state index in [-0.39, 0.29) is 24.0 Å². The molecule has 1 fully saturated rings. The van der Waals surface area contributed by atoms with Gasteiger partial charge in [0.1, 0.15) is 22.8 Å². The van der Waals surface area contributed by atoms with E-state index in [0.717, 1.165) is 22.7 Å². The van der Waals surface area contributed by atoms with Crippen LogP contribution in [-0.2, 0) is 11.2 Å². The lowest BCUT2D eigenvalue weighted by Crippen LogP contribution is -2.48. The summed E-state index contributed by atoms with van der Waals surface area (Å²) in [7, 11) is 3.25. The van der Waals surface area contributed by atoms with Crippen molar-refractivity contribution in [2.45, 2.75) is 6.42 Å². The SMILES string of the molecule is COc1ccc(CC(=O)Nc2c(C(=O)N3CCN(c4cccc(OC)c4)CC3)oc3ccccc23)cc1. The summed E-state index contributed by atoms with van der Waals surface area (Å²) in [4.78, 5) is 30.5. The molecule has 3 aromatic carbocycles. The molecule has 1 aromatic heterocycles. The van der Waals surface area contributed by atoms with Crippen LogP contribution in [0.3, 0.4) is 0 Å². The highest BCUT2D eigenvalue weighted by atomic mass is 16.5. The number of fused-ring (bicyclic) bond motifs is 1. The lowest BCUT2D eigenvalue weighted by Gasteiger charge is -2.36. The first-order valence-corrected chi connectivity index (χ1v) is 12.2. The van der Waals surface area contributed by atoms with Crippen LogP contribution in [-0.4, -0.2) is 57.1 Å². The minimum atomic E-state index is -0.235. The smallest absolute Gasteiger partial charge is 0.291 e. The Kier molecular flexibility index (Phi) is 6.98. The molecule has 0 bridgehead atoms. The van der Waals surface area contributed by atoms with Crippen molar-refractivity contribution < 1.29 is 23.5 Å². The number of ether oxygens (including phenoxy) is 2. The molecule has 1 aliphatic rings. The number of amides is 2. The number of nitrogens with zero attached hydrogens (tertiary/aromatic N) is 2. The standard InChI is InChI=1S/C29H29N3O5/c1-35-22-12-10-20(11-13-22)18-26(33)30-27-24-8-3-4-9-25(24)37-28(27)29(34)32-16-14-31(15-17-32)21-6-5-7-23(19-21)36-2/h3-13,19H,14-18H2,1-2H3,(H,30,33). The van der Waals surface area contributed by atoms with Crippen LogP contribution in [0.5, 0.6) is 11.5 Å². The van der Waals surface area contributed by atoms with E-state index < -0.39 is 0 Å². The number of nitrogens with one attached hydrogen (secondary N) is 1. The summed E-state index contributed by atoms with van der Waals surface area (Å²) < 4.78 is 16.5. The summed E-state index contributed by atoms with van der Waals surface area (Å²) in [5.74, 6) is 1.21. The third-order valence-electron chi connectivity index (χ3n) is 6.56. The summed E-state index contributed by atoms with van der Waals surface area (Å²) in [6.07, 6.45) is 0.163. The van der Waals surface area contributed by atoms with E-state index in [1.54, 1.807) is 25.2 Å². The summed E-state index contributed by atoms with van der Waals surface area (Å²) >= 11 is 0. The van der Waals surface area contributed by atoms with Crippen molar-refractivity contribution in [3.05, 3.63) is 84.1 Å². The second-order valence-corrected chi connectivity index (χ2v) is 8.86. The van der Waals surface area contributed by atoms with Crippen LogP contribution in [0.4, 0.5) is 11.4 Å². The highest BCUT2D eigenvalue weighted by Gasteiger charge is 2.29. The number of furan rings is 1. The van der Waals surface area contributed by atoms with Gasteiger partial charge in [0, 0.05) is 43.3 Å². The molecule has 0 saturated carbocycles. The Morgan fingerprint density at radius 2 is 1.59 bits per heavy atom. The van der Waals surface area contributed by atoms with Crippen LogP contribution in [0.15, 0.2) is 77.2 Å². The maximum atomic E-state index is 13.6. The predicted molar refractivity (Wildman–Crippen MR) is 143 cm³/mol. The van der Waals surface area contributed by atoms with Gasteiger partial charge in [0.15, 0.2) is 0 Å². The van der Waals surface area contributed by atoms with Crippen LogP contribution in [0.2, 0.25) is 0 Å². The number of rotatable bonds is 7. The molecule has 5 rings (SSSR count). The zero-order valence-electron chi connectivity index (χ0n) is 20.9. The van der Waals surface area contributed by atoms with Crippen molar-refractivity contribution in [1.82, 2.24) is 4.90 Å². The van der Waals surface area contributed by atoms with E-state index >= 15 is 0 Å². The van der Waals surface area contributed by atoms with Crippen molar-refractivity contribution >= 4 is 34.2 Å². The Morgan fingerprint density at radius 1 is 0.865 bits per heavy atom. The average Bonchev–Trinajstić information content (AvgIpc) is 3.31. The molecule has 8 nitrogen and oxygen atoms in total. The van der Waals surface area contributed by atoms with Crippen LogP contribution >= 0.6 is 0 Å². The monoisotopic (exact) mass is 499 g/mol. The molecule has 4 aromatic rings. The molecule has 0 aliphatic carbocycles. The number of piperazine rings is 1. The maximum Gasteiger partial charge on any atom is 0.291 e. The van der Waals surface area contributed by atoms with Gasteiger partial charge < -0.3 is 29.0 Å². The predicted octanol–water partition coefficient (Wildman–Crippen LogP) is 4.59. The summed E-state index contributed by atoms with van der Waals surface area (Å²) in [6, 6.07) is 22.6. The molecule has 0 unspecified atom stereocenters. The van der Waals surface area contributed by atoms with Crippen LogP contribution in [0.1, 0.15) is 16.1 Å². The molecule has 0 spiro atoms. The van der Waals surface area contributed by atoms with Crippen molar-refractivity contribution in [1.29, 1.82) is 0 Å². The van der Waals surface area contributed by atoms with Crippen LogP contribution in [0.25, 0.3) is 11.0 Å². The number of carbonyl (C=O) groups excluding carboxylic acids is 2. The summed E-state index contributed by atoms with van der Waals surface area (Å²) in [6.45, 7) is 2.43. The third-order valence-corrected chi connectivity index (χ3v) is 6.56. The van der Waals surface area contributed by atoms with Crippen LogP contribution in [0, 0.1) is 0 Å². The number of hydrogen-bond acceptors (Lipinski definition) is 6. The highest BCUT2D eigenvalue weighted by molar-refractivity contribution is 6.11. The normalized spacial score (nSPS) is 13.5. The van der Waals surface area contributed by atoms with Crippen LogP contribution < -0.4 is 19.7 Å². The van der Waals surface area contributed by atoms with Gasteiger partial charge in [0.2, 0.25) is 11.7 Å². The van der Waals surface area contributed by atoms with Gasteiger partial charge in [-0.3, -0.25) is 9.59 Å². The molecule has 0 radical (unpaired) electrons. The Hall–Kier alpha value is -4.46. The minimum absolute atomic E-state index is 0.152. The Labute approximate surface area is 215 Å². The second kappa shape index (κ2) is 10.7. The lowest BCUT2D eigenvalue weighted by atomic mass is 10.1. The molecule has 1 N–H and O–H groups in total. The molecular weight excluding hydrogens is 470 g/mol. The van der Waals surface area contributed by atoms with Gasteiger partial charge >= 0.3 is 0 Å². The number of benzene rings is 3. The molecule has 190 valence electrons. The van der Waals surface area contributed by atoms with Gasteiger partial charge in [0.25, 0.3) is 5.91 Å². The van der Waals surface area contributed by atoms with Gasteiger partial charge in [-0.15, -0.1) is 0 Å². The van der Waals surface area contributed by atoms with Gasteiger partial charge in [-0.1, -0.05) is 30.3 Å². The minimum Gasteiger partial charge on any atom is -0.497 e. The first kappa shape index (κ1) is 24.2. The zero-order valence-corrected chi connectivity index (χ0v) is 20.9. The van der Waals surface area contributed by atoms with Gasteiger partial charge in [-0.25, -0.2) is 0 Å². The van der Waals surface area contributed by atoms with E-state index in [1.807, 2.05) is 66.7 Å². The van der Waals surface area contributed by atoms with E-state index in [1.165, 1.54) is 0 Å². The van der Waals surface area contributed by atoms with Gasteiger partial charge in [-0.2, -0.15) is 0 Å². The molecule has 1 aliphatic heterocycles. The van der Waals surface area contributed by atoms with Gasteiger partial charge in [-0.05, 0) is 42.0 Å². The largest absolute Gasteiger partial charge is 0.497 e. The van der Waals surface area contributed by atoms with Gasteiger partial charge in [0.05, 0.1) is 20.6 Å². The maximum absolute atomic E-state index is 13.6. The molecule has 2 amide bonds. The fraction of sp³-hybridized carbons (Fsp3) is 0.241. The Balaban J connectivity index is 1.32. The highest BCUT2D eigenvalue weighted by Crippen LogP contribution is 2.32. The van der Waals surface area contributed by atoms with Crippen molar-refractivity contribution in [2.24, 2.45) is 0 Å². The van der Waals surface area contributed by atoms with E-state index in [9.17, 15) is 9.59 Å².